The van der Waals surface area contributed by atoms with Gasteiger partial charge in [-0.2, -0.15) is 0 Å². The van der Waals surface area contributed by atoms with Crippen molar-refractivity contribution in [2.45, 2.75) is 36.1 Å². The Bertz CT molecular complexity index is 676. The summed E-state index contributed by atoms with van der Waals surface area (Å²) >= 11 is 0. The predicted octanol–water partition coefficient (Wildman–Crippen LogP) is 1.54. The van der Waals surface area contributed by atoms with E-state index in [0.29, 0.717) is 12.1 Å². The van der Waals surface area contributed by atoms with E-state index < -0.39 is 10.0 Å². The number of rotatable bonds is 6. The largest absolute Gasteiger partial charge is 0.350 e. The van der Waals surface area contributed by atoms with E-state index in [2.05, 4.69) is 24.3 Å². The standard InChI is InChI=1S/C17H27N3O3S/c1-19(2)17(11-5-6-12-17)13-18-16(21)14-7-9-15(10-8-14)24(22,23)20(3)4/h7-10H,5-6,11-13H2,1-4H3,(H,18,21). The molecule has 1 aliphatic carbocycles. The van der Waals surface area contributed by atoms with Crippen molar-refractivity contribution in [2.75, 3.05) is 34.7 Å². The minimum atomic E-state index is -3.47. The van der Waals surface area contributed by atoms with Crippen LogP contribution in [0.2, 0.25) is 0 Å². The lowest BCUT2D eigenvalue weighted by Gasteiger charge is -2.36. The van der Waals surface area contributed by atoms with Crippen molar-refractivity contribution in [2.24, 2.45) is 0 Å². The molecule has 24 heavy (non-hydrogen) atoms. The molecule has 0 atom stereocenters. The number of hydrogen-bond acceptors (Lipinski definition) is 4. The van der Waals surface area contributed by atoms with E-state index in [-0.39, 0.29) is 16.3 Å². The molecule has 1 fully saturated rings. The second kappa shape index (κ2) is 7.21. The zero-order valence-electron chi connectivity index (χ0n) is 14.9. The van der Waals surface area contributed by atoms with E-state index in [1.54, 1.807) is 12.1 Å². The topological polar surface area (TPSA) is 69.7 Å². The van der Waals surface area contributed by atoms with Gasteiger partial charge < -0.3 is 10.2 Å². The normalized spacial score (nSPS) is 17.4. The minimum Gasteiger partial charge on any atom is -0.350 e. The zero-order chi connectivity index (χ0) is 18.0. The average molecular weight is 353 g/mol. The van der Waals surface area contributed by atoms with Crippen molar-refractivity contribution in [3.63, 3.8) is 0 Å². The number of carbonyl (C=O) groups is 1. The first-order valence-electron chi connectivity index (χ1n) is 8.17. The van der Waals surface area contributed by atoms with Crippen LogP contribution in [0.4, 0.5) is 0 Å². The minimum absolute atomic E-state index is 0.0316. The highest BCUT2D eigenvalue weighted by Gasteiger charge is 2.36. The van der Waals surface area contributed by atoms with Crippen molar-refractivity contribution in [1.29, 1.82) is 0 Å². The van der Waals surface area contributed by atoms with Crippen LogP contribution in [0.5, 0.6) is 0 Å². The fourth-order valence-corrected chi connectivity index (χ4v) is 4.05. The number of hydrogen-bond donors (Lipinski definition) is 1. The van der Waals surface area contributed by atoms with E-state index in [9.17, 15) is 13.2 Å². The second-order valence-corrected chi connectivity index (χ2v) is 8.97. The highest BCUT2D eigenvalue weighted by atomic mass is 32.2. The molecule has 1 aliphatic rings. The Morgan fingerprint density at radius 2 is 1.62 bits per heavy atom. The van der Waals surface area contributed by atoms with E-state index in [1.807, 2.05) is 0 Å². The molecule has 1 saturated carbocycles. The summed E-state index contributed by atoms with van der Waals surface area (Å²) in [5.41, 5.74) is 0.503. The molecule has 1 amide bonds. The molecule has 1 N–H and O–H groups in total. The number of carbonyl (C=O) groups excluding carboxylic acids is 1. The molecule has 0 aromatic heterocycles. The fraction of sp³-hybridized carbons (Fsp3) is 0.588. The third-order valence-electron chi connectivity index (χ3n) is 4.96. The zero-order valence-corrected chi connectivity index (χ0v) is 15.7. The summed E-state index contributed by atoms with van der Waals surface area (Å²) in [5, 5.41) is 3.00. The smallest absolute Gasteiger partial charge is 0.251 e. The molecule has 0 aliphatic heterocycles. The van der Waals surface area contributed by atoms with Gasteiger partial charge in [-0.25, -0.2) is 12.7 Å². The van der Waals surface area contributed by atoms with E-state index in [1.165, 1.54) is 39.1 Å². The van der Waals surface area contributed by atoms with Crippen LogP contribution >= 0.6 is 0 Å². The Morgan fingerprint density at radius 1 is 1.08 bits per heavy atom. The van der Waals surface area contributed by atoms with Crippen molar-refractivity contribution in [1.82, 2.24) is 14.5 Å². The molecular weight excluding hydrogens is 326 g/mol. The van der Waals surface area contributed by atoms with Gasteiger partial charge >= 0.3 is 0 Å². The first-order valence-corrected chi connectivity index (χ1v) is 9.61. The quantitative estimate of drug-likeness (QED) is 0.842. The van der Waals surface area contributed by atoms with Crippen molar-refractivity contribution < 1.29 is 13.2 Å². The first-order chi connectivity index (χ1) is 11.2. The highest BCUT2D eigenvalue weighted by Crippen LogP contribution is 2.33. The van der Waals surface area contributed by atoms with Gasteiger partial charge in [-0.1, -0.05) is 12.8 Å². The van der Waals surface area contributed by atoms with E-state index in [4.69, 9.17) is 0 Å². The number of nitrogens with zero attached hydrogens (tertiary/aromatic N) is 2. The summed E-state index contributed by atoms with van der Waals surface area (Å²) in [6.07, 6.45) is 4.54. The van der Waals surface area contributed by atoms with Crippen LogP contribution in [0, 0.1) is 0 Å². The molecule has 1 aromatic carbocycles. The van der Waals surface area contributed by atoms with Gasteiger partial charge in [-0.3, -0.25) is 4.79 Å². The van der Waals surface area contributed by atoms with Crippen LogP contribution in [0.25, 0.3) is 0 Å². The van der Waals surface area contributed by atoms with Crippen molar-refractivity contribution in [3.8, 4) is 0 Å². The Hall–Kier alpha value is -1.44. The molecule has 6 nitrogen and oxygen atoms in total. The summed E-state index contributed by atoms with van der Waals surface area (Å²) in [6, 6.07) is 6.06. The lowest BCUT2D eigenvalue weighted by Crippen LogP contribution is -2.50. The molecule has 0 saturated heterocycles. The number of sulfonamides is 1. The van der Waals surface area contributed by atoms with Gasteiger partial charge in [0.05, 0.1) is 4.90 Å². The van der Waals surface area contributed by atoms with E-state index in [0.717, 1.165) is 17.1 Å². The summed E-state index contributed by atoms with van der Waals surface area (Å²) in [6.45, 7) is 0.608. The molecule has 0 unspecified atom stereocenters. The van der Waals surface area contributed by atoms with Crippen LogP contribution in [0.1, 0.15) is 36.0 Å². The highest BCUT2D eigenvalue weighted by molar-refractivity contribution is 7.89. The third-order valence-corrected chi connectivity index (χ3v) is 6.79. The van der Waals surface area contributed by atoms with E-state index >= 15 is 0 Å². The number of benzene rings is 1. The van der Waals surface area contributed by atoms with Gasteiger partial charge in [-0.05, 0) is 51.2 Å². The Labute approximate surface area is 144 Å². The predicted molar refractivity (Wildman–Crippen MR) is 94.5 cm³/mol. The summed E-state index contributed by atoms with van der Waals surface area (Å²) < 4.78 is 25.3. The lowest BCUT2D eigenvalue weighted by molar-refractivity contribution is 0.0900. The third kappa shape index (κ3) is 3.79. The van der Waals surface area contributed by atoms with Crippen LogP contribution in [-0.2, 0) is 10.0 Å². The van der Waals surface area contributed by atoms with Crippen molar-refractivity contribution in [3.05, 3.63) is 29.8 Å². The Balaban J connectivity index is 2.06. The van der Waals surface area contributed by atoms with Gasteiger partial charge in [0.25, 0.3) is 5.91 Å². The molecule has 0 radical (unpaired) electrons. The van der Waals surface area contributed by atoms with Gasteiger partial charge in [0.1, 0.15) is 0 Å². The maximum Gasteiger partial charge on any atom is 0.251 e. The molecular formula is C17H27N3O3S. The first kappa shape index (κ1) is 18.9. The molecule has 0 heterocycles. The summed E-state index contributed by atoms with van der Waals surface area (Å²) in [5.74, 6) is -0.170. The fourth-order valence-electron chi connectivity index (χ4n) is 3.15. The monoisotopic (exact) mass is 353 g/mol. The van der Waals surface area contributed by atoms with Gasteiger partial charge in [0.15, 0.2) is 0 Å². The summed E-state index contributed by atoms with van der Waals surface area (Å²) in [7, 11) is 3.61. The second-order valence-electron chi connectivity index (χ2n) is 6.82. The van der Waals surface area contributed by atoms with Crippen LogP contribution in [0.15, 0.2) is 29.2 Å². The molecule has 0 spiro atoms. The molecule has 1 aromatic rings. The Kier molecular flexibility index (Phi) is 5.67. The van der Waals surface area contributed by atoms with Gasteiger partial charge in [0.2, 0.25) is 10.0 Å². The molecule has 134 valence electrons. The molecule has 7 heteroatoms. The van der Waals surface area contributed by atoms with Crippen LogP contribution in [0.3, 0.4) is 0 Å². The maximum absolute atomic E-state index is 12.4. The van der Waals surface area contributed by atoms with Crippen molar-refractivity contribution >= 4 is 15.9 Å². The van der Waals surface area contributed by atoms with Crippen LogP contribution in [-0.4, -0.2) is 63.8 Å². The lowest BCUT2D eigenvalue weighted by atomic mass is 9.96. The number of nitrogens with one attached hydrogen (secondary N) is 1. The average Bonchev–Trinajstić information content (AvgIpc) is 3.03. The SMILES string of the molecule is CN(C)C1(CNC(=O)c2ccc(S(=O)(=O)N(C)C)cc2)CCCC1. The summed E-state index contributed by atoms with van der Waals surface area (Å²) in [4.78, 5) is 14.8. The van der Waals surface area contributed by atoms with Gasteiger partial charge in [-0.15, -0.1) is 0 Å². The van der Waals surface area contributed by atoms with Crippen LogP contribution < -0.4 is 5.32 Å². The van der Waals surface area contributed by atoms with Gasteiger partial charge in [0, 0.05) is 31.7 Å². The maximum atomic E-state index is 12.4. The number of likely N-dealkylation sites (N-methyl/N-ethyl adjacent to an activating group) is 1. The molecule has 0 bridgehead atoms. The Morgan fingerprint density at radius 3 is 2.08 bits per heavy atom. The number of amides is 1. The molecule has 2 rings (SSSR count).